The van der Waals surface area contributed by atoms with Crippen molar-refractivity contribution in [2.45, 2.75) is 4.90 Å². The molecule has 0 N–H and O–H groups in total. The highest BCUT2D eigenvalue weighted by Crippen LogP contribution is 2.16. The zero-order valence-electron chi connectivity index (χ0n) is 9.01. The lowest BCUT2D eigenvalue weighted by Crippen LogP contribution is -2.00. The van der Waals surface area contributed by atoms with E-state index in [4.69, 9.17) is 0 Å². The molecule has 0 radical (unpaired) electrons. The van der Waals surface area contributed by atoms with Crippen molar-refractivity contribution in [2.24, 2.45) is 0 Å². The lowest BCUT2D eigenvalue weighted by Gasteiger charge is -2.02. The fourth-order valence-corrected chi connectivity index (χ4v) is 2.07. The molecule has 0 aliphatic heterocycles. The van der Waals surface area contributed by atoms with Crippen LogP contribution in [0.25, 0.3) is 6.08 Å². The van der Waals surface area contributed by atoms with Crippen molar-refractivity contribution in [3.05, 3.63) is 35.9 Å². The first-order valence-corrected chi connectivity index (χ1v) is 6.39. The van der Waals surface area contributed by atoms with Gasteiger partial charge in [0.1, 0.15) is 0 Å². The summed E-state index contributed by atoms with van der Waals surface area (Å²) in [4.78, 5) is 11.1. The number of esters is 1. The largest absolute Gasteiger partial charge is 0.466 e. The van der Waals surface area contributed by atoms with Crippen molar-refractivity contribution in [2.75, 3.05) is 13.4 Å². The molecule has 0 atom stereocenters. The lowest BCUT2D eigenvalue weighted by atomic mass is 10.2. The molecule has 1 aromatic carbocycles. The number of hydrogen-bond acceptors (Lipinski definition) is 4. The Morgan fingerprint density at radius 1 is 1.31 bits per heavy atom. The zero-order valence-corrected chi connectivity index (χ0v) is 9.82. The fraction of sp³-hybridized carbons (Fsp3) is 0.182. The molecule has 0 fully saturated rings. The van der Waals surface area contributed by atoms with E-state index >= 15 is 0 Å². The Morgan fingerprint density at radius 2 is 1.94 bits per heavy atom. The Kier molecular flexibility index (Phi) is 3.84. The van der Waals surface area contributed by atoms with Gasteiger partial charge in [-0.25, -0.2) is 13.2 Å². The van der Waals surface area contributed by atoms with Gasteiger partial charge in [-0.2, -0.15) is 0 Å². The highest BCUT2D eigenvalue weighted by atomic mass is 32.2. The first kappa shape index (κ1) is 12.4. The third-order valence-electron chi connectivity index (χ3n) is 1.92. The highest BCUT2D eigenvalue weighted by Gasteiger charge is 2.10. The number of carbonyl (C=O) groups excluding carboxylic acids is 1. The molecule has 16 heavy (non-hydrogen) atoms. The second-order valence-electron chi connectivity index (χ2n) is 3.17. The predicted molar refractivity (Wildman–Crippen MR) is 60.6 cm³/mol. The molecule has 86 valence electrons. The number of sulfone groups is 1. The molecule has 0 aliphatic rings. The molecule has 0 spiro atoms. The summed E-state index contributed by atoms with van der Waals surface area (Å²) < 4.78 is 27.3. The van der Waals surface area contributed by atoms with Crippen molar-refractivity contribution in [1.82, 2.24) is 0 Å². The van der Waals surface area contributed by atoms with E-state index in [1.54, 1.807) is 18.2 Å². The molecular weight excluding hydrogens is 228 g/mol. The van der Waals surface area contributed by atoms with Gasteiger partial charge in [0.25, 0.3) is 0 Å². The Hall–Kier alpha value is -1.62. The van der Waals surface area contributed by atoms with Gasteiger partial charge < -0.3 is 4.74 Å². The molecule has 1 aromatic rings. The number of carbonyl (C=O) groups is 1. The van der Waals surface area contributed by atoms with Crippen LogP contribution >= 0.6 is 0 Å². The van der Waals surface area contributed by atoms with Gasteiger partial charge in [0.2, 0.25) is 0 Å². The van der Waals surface area contributed by atoms with Gasteiger partial charge in [0.15, 0.2) is 9.84 Å². The van der Waals surface area contributed by atoms with Crippen molar-refractivity contribution >= 4 is 21.9 Å². The Labute approximate surface area is 94.5 Å². The number of hydrogen-bond donors (Lipinski definition) is 0. The molecule has 0 saturated carbocycles. The maximum atomic E-state index is 11.4. The second kappa shape index (κ2) is 4.94. The van der Waals surface area contributed by atoms with Crippen LogP contribution in [0, 0.1) is 0 Å². The Bertz CT molecular complexity index is 515. The molecule has 0 unspecified atom stereocenters. The molecule has 5 heteroatoms. The highest BCUT2D eigenvalue weighted by molar-refractivity contribution is 7.90. The number of rotatable bonds is 3. The Balaban J connectivity index is 3.15. The normalized spacial score (nSPS) is 11.6. The molecule has 4 nitrogen and oxygen atoms in total. The molecular formula is C11H12O4S. The number of methoxy groups -OCH3 is 1. The van der Waals surface area contributed by atoms with Crippen LogP contribution in [0.5, 0.6) is 0 Å². The van der Waals surface area contributed by atoms with Gasteiger partial charge in [-0.15, -0.1) is 0 Å². The maximum Gasteiger partial charge on any atom is 0.330 e. The van der Waals surface area contributed by atoms with E-state index in [0.717, 1.165) is 6.26 Å². The van der Waals surface area contributed by atoms with E-state index < -0.39 is 15.8 Å². The fourth-order valence-electron chi connectivity index (χ4n) is 1.18. The van der Waals surface area contributed by atoms with Crippen molar-refractivity contribution in [3.8, 4) is 0 Å². The van der Waals surface area contributed by atoms with Gasteiger partial charge in [-0.1, -0.05) is 18.2 Å². The first-order valence-electron chi connectivity index (χ1n) is 4.50. The van der Waals surface area contributed by atoms with Crippen LogP contribution in [0.1, 0.15) is 5.56 Å². The summed E-state index contributed by atoms with van der Waals surface area (Å²) in [5.41, 5.74) is 0.468. The van der Waals surface area contributed by atoms with Crippen molar-refractivity contribution < 1.29 is 17.9 Å². The van der Waals surface area contributed by atoms with Crippen LogP contribution in [0.15, 0.2) is 35.2 Å². The minimum Gasteiger partial charge on any atom is -0.466 e. The van der Waals surface area contributed by atoms with E-state index in [-0.39, 0.29) is 4.90 Å². The summed E-state index contributed by atoms with van der Waals surface area (Å²) in [6.07, 6.45) is 3.73. The second-order valence-corrected chi connectivity index (χ2v) is 5.15. The van der Waals surface area contributed by atoms with E-state index in [1.165, 1.54) is 25.3 Å². The molecule has 1 rings (SSSR count). The molecule has 0 heterocycles. The van der Waals surface area contributed by atoms with Gasteiger partial charge in [-0.3, -0.25) is 0 Å². The third-order valence-corrected chi connectivity index (χ3v) is 3.09. The molecule has 0 bridgehead atoms. The summed E-state index contributed by atoms with van der Waals surface area (Å²) in [6.45, 7) is 0. The predicted octanol–water partition coefficient (Wildman–Crippen LogP) is 1.28. The summed E-state index contributed by atoms with van der Waals surface area (Å²) >= 11 is 0. The average molecular weight is 240 g/mol. The number of ether oxygens (including phenoxy) is 1. The zero-order chi connectivity index (χ0) is 12.2. The van der Waals surface area contributed by atoms with Crippen LogP contribution in [0.4, 0.5) is 0 Å². The van der Waals surface area contributed by atoms with E-state index in [9.17, 15) is 13.2 Å². The molecule has 0 aliphatic carbocycles. The summed E-state index contributed by atoms with van der Waals surface area (Å²) in [7, 11) is -2.03. The summed E-state index contributed by atoms with van der Waals surface area (Å²) in [5.74, 6) is -0.525. The first-order chi connectivity index (χ1) is 7.45. The lowest BCUT2D eigenvalue weighted by molar-refractivity contribution is -0.134. The SMILES string of the molecule is COC(=O)/C=C/c1ccccc1S(C)(=O)=O. The van der Waals surface area contributed by atoms with Crippen LogP contribution in [0.3, 0.4) is 0 Å². The smallest absolute Gasteiger partial charge is 0.330 e. The van der Waals surface area contributed by atoms with E-state index in [0.29, 0.717) is 5.56 Å². The van der Waals surface area contributed by atoms with Gasteiger partial charge in [-0.05, 0) is 17.7 Å². The molecule has 0 amide bonds. The summed E-state index contributed by atoms with van der Waals surface area (Å²) in [5, 5.41) is 0. The topological polar surface area (TPSA) is 60.4 Å². The van der Waals surface area contributed by atoms with Crippen molar-refractivity contribution in [1.29, 1.82) is 0 Å². The quantitative estimate of drug-likeness (QED) is 0.589. The Morgan fingerprint density at radius 3 is 2.50 bits per heavy atom. The van der Waals surface area contributed by atoms with Crippen LogP contribution in [0.2, 0.25) is 0 Å². The van der Waals surface area contributed by atoms with Crippen LogP contribution in [-0.2, 0) is 19.4 Å². The summed E-state index contributed by atoms with van der Waals surface area (Å²) in [6, 6.07) is 6.44. The van der Waals surface area contributed by atoms with Crippen LogP contribution in [-0.4, -0.2) is 27.8 Å². The van der Waals surface area contributed by atoms with Gasteiger partial charge in [0.05, 0.1) is 12.0 Å². The minimum absolute atomic E-state index is 0.190. The van der Waals surface area contributed by atoms with Gasteiger partial charge in [0, 0.05) is 12.3 Å². The molecule has 0 saturated heterocycles. The van der Waals surface area contributed by atoms with Gasteiger partial charge >= 0.3 is 5.97 Å². The van der Waals surface area contributed by atoms with Crippen molar-refractivity contribution in [3.63, 3.8) is 0 Å². The maximum absolute atomic E-state index is 11.4. The van der Waals surface area contributed by atoms with E-state index in [1.807, 2.05) is 0 Å². The number of benzene rings is 1. The monoisotopic (exact) mass is 240 g/mol. The third kappa shape index (κ3) is 3.20. The van der Waals surface area contributed by atoms with Crippen LogP contribution < -0.4 is 0 Å². The van der Waals surface area contributed by atoms with E-state index in [2.05, 4.69) is 4.74 Å². The minimum atomic E-state index is -3.29. The molecule has 0 aromatic heterocycles. The average Bonchev–Trinajstić information content (AvgIpc) is 2.25. The standard InChI is InChI=1S/C11H12O4S/c1-15-11(12)8-7-9-5-3-4-6-10(9)16(2,13)14/h3-8H,1-2H3/b8-7+.